The Morgan fingerprint density at radius 3 is 2.52 bits per heavy atom. The second-order valence-electron chi connectivity index (χ2n) is 6.62. The molecule has 1 aromatic heterocycles. The van der Waals surface area contributed by atoms with Crippen LogP contribution in [0.5, 0.6) is 0 Å². The van der Waals surface area contributed by atoms with Gasteiger partial charge in [0.2, 0.25) is 0 Å². The Labute approximate surface area is 131 Å². The normalized spacial score (nSPS) is 20.1. The summed E-state index contributed by atoms with van der Waals surface area (Å²) >= 11 is -1.08. The van der Waals surface area contributed by atoms with Crippen LogP contribution >= 0.6 is 0 Å². The van der Waals surface area contributed by atoms with Crippen LogP contribution in [-0.2, 0) is 21.7 Å². The monoisotopic (exact) mass is 310 g/mol. The minimum absolute atomic E-state index is 0.00820. The van der Waals surface area contributed by atoms with Gasteiger partial charge in [0.25, 0.3) is 0 Å². The highest BCUT2D eigenvalue weighted by Crippen LogP contribution is 2.48. The van der Waals surface area contributed by atoms with Gasteiger partial charge in [-0.3, -0.25) is 4.98 Å². The topological polar surface area (TPSA) is 57.2 Å². The van der Waals surface area contributed by atoms with Gasteiger partial charge in [0, 0.05) is 24.2 Å². The SMILES string of the molecule is CCOC1(c2ccc([C@H](C)N[S+]([O-])C(C)(C)C)cn2)CC1. The Morgan fingerprint density at radius 2 is 2.10 bits per heavy atom. The van der Waals surface area contributed by atoms with Gasteiger partial charge in [-0.1, -0.05) is 6.07 Å². The molecule has 1 aliphatic rings. The zero-order valence-electron chi connectivity index (χ0n) is 13.6. The van der Waals surface area contributed by atoms with Gasteiger partial charge in [0.15, 0.2) is 0 Å². The van der Waals surface area contributed by atoms with E-state index in [1.165, 1.54) is 0 Å². The molecule has 0 amide bonds. The third-order valence-corrected chi connectivity index (χ3v) is 5.40. The van der Waals surface area contributed by atoms with Crippen molar-refractivity contribution in [1.82, 2.24) is 9.71 Å². The largest absolute Gasteiger partial charge is 0.598 e. The molecule has 1 N–H and O–H groups in total. The lowest BCUT2D eigenvalue weighted by Crippen LogP contribution is -2.40. The first kappa shape index (κ1) is 16.7. The van der Waals surface area contributed by atoms with Crippen LogP contribution in [0.4, 0.5) is 0 Å². The molecule has 4 nitrogen and oxygen atoms in total. The average molecular weight is 310 g/mol. The summed E-state index contributed by atoms with van der Waals surface area (Å²) in [5.41, 5.74) is 1.92. The molecular formula is C16H26N2O2S. The molecule has 1 fully saturated rings. The summed E-state index contributed by atoms with van der Waals surface area (Å²) in [4.78, 5) is 4.56. The van der Waals surface area contributed by atoms with Gasteiger partial charge >= 0.3 is 0 Å². The highest BCUT2D eigenvalue weighted by molar-refractivity contribution is 7.90. The number of pyridine rings is 1. The van der Waals surface area contributed by atoms with Crippen molar-refractivity contribution in [2.24, 2.45) is 0 Å². The summed E-state index contributed by atoms with van der Waals surface area (Å²) in [5, 5.41) is 0. The molecule has 1 heterocycles. The van der Waals surface area contributed by atoms with Crippen molar-refractivity contribution >= 4 is 11.4 Å². The van der Waals surface area contributed by atoms with Crippen molar-refractivity contribution in [1.29, 1.82) is 0 Å². The van der Waals surface area contributed by atoms with E-state index in [1.54, 1.807) is 0 Å². The van der Waals surface area contributed by atoms with Gasteiger partial charge in [-0.25, -0.2) is 0 Å². The molecule has 2 rings (SSSR count). The molecule has 0 bridgehead atoms. The summed E-state index contributed by atoms with van der Waals surface area (Å²) < 4.78 is 20.8. The number of aromatic nitrogens is 1. The van der Waals surface area contributed by atoms with E-state index in [-0.39, 0.29) is 16.4 Å². The Hall–Kier alpha value is -0.620. The third kappa shape index (κ3) is 3.97. The number of hydrogen-bond donors (Lipinski definition) is 1. The van der Waals surface area contributed by atoms with Gasteiger partial charge in [-0.2, -0.15) is 0 Å². The van der Waals surface area contributed by atoms with Crippen molar-refractivity contribution in [3.8, 4) is 0 Å². The summed E-state index contributed by atoms with van der Waals surface area (Å²) in [6.07, 6.45) is 3.97. The maximum absolute atomic E-state index is 12.1. The van der Waals surface area contributed by atoms with Crippen LogP contribution in [0.25, 0.3) is 0 Å². The minimum Gasteiger partial charge on any atom is -0.598 e. The lowest BCUT2D eigenvalue weighted by Gasteiger charge is -2.26. The predicted molar refractivity (Wildman–Crippen MR) is 86.2 cm³/mol. The van der Waals surface area contributed by atoms with Crippen LogP contribution < -0.4 is 4.72 Å². The molecule has 1 aliphatic carbocycles. The van der Waals surface area contributed by atoms with Gasteiger partial charge in [-0.15, -0.1) is 4.72 Å². The highest BCUT2D eigenvalue weighted by atomic mass is 32.2. The molecule has 0 aromatic carbocycles. The molecule has 0 radical (unpaired) electrons. The minimum atomic E-state index is -1.08. The van der Waals surface area contributed by atoms with Gasteiger partial charge in [0.05, 0.1) is 11.7 Å². The van der Waals surface area contributed by atoms with E-state index >= 15 is 0 Å². The van der Waals surface area contributed by atoms with Crippen LogP contribution in [0.3, 0.4) is 0 Å². The fourth-order valence-electron chi connectivity index (χ4n) is 2.20. The Kier molecular flexibility index (Phi) is 4.98. The van der Waals surface area contributed by atoms with Gasteiger partial charge < -0.3 is 9.29 Å². The summed E-state index contributed by atoms with van der Waals surface area (Å²) in [6, 6.07) is 4.10. The number of nitrogens with one attached hydrogen (secondary N) is 1. The van der Waals surface area contributed by atoms with E-state index in [2.05, 4.69) is 15.8 Å². The zero-order valence-corrected chi connectivity index (χ0v) is 14.4. The molecule has 0 aliphatic heterocycles. The molecule has 1 saturated carbocycles. The highest BCUT2D eigenvalue weighted by Gasteiger charge is 2.46. The standard InChI is InChI=1S/C16H26N2O2S/c1-6-20-16(9-10-16)14-8-7-13(11-17-14)12(2)18-21(19)15(3,4)5/h7-8,11-12,18H,6,9-10H2,1-5H3/t12-,21?/m0/s1. The van der Waals surface area contributed by atoms with E-state index in [9.17, 15) is 4.55 Å². The van der Waals surface area contributed by atoms with E-state index in [0.717, 1.165) is 24.1 Å². The van der Waals surface area contributed by atoms with Crippen LogP contribution in [0, 0.1) is 0 Å². The van der Waals surface area contributed by atoms with E-state index in [4.69, 9.17) is 4.74 Å². The van der Waals surface area contributed by atoms with Crippen molar-refractivity contribution in [3.05, 3.63) is 29.6 Å². The zero-order chi connectivity index (χ0) is 15.7. The molecule has 2 atom stereocenters. The Balaban J connectivity index is 2.02. The number of ether oxygens (including phenoxy) is 1. The molecule has 21 heavy (non-hydrogen) atoms. The summed E-state index contributed by atoms with van der Waals surface area (Å²) in [7, 11) is 0. The maximum atomic E-state index is 12.1. The predicted octanol–water partition coefficient (Wildman–Crippen LogP) is 3.22. The Bertz CT molecular complexity index is 466. The fraction of sp³-hybridized carbons (Fsp3) is 0.688. The second-order valence-corrected chi connectivity index (χ2v) is 8.62. The van der Waals surface area contributed by atoms with E-state index in [1.807, 2.05) is 46.9 Å². The third-order valence-electron chi connectivity index (χ3n) is 3.72. The van der Waals surface area contributed by atoms with E-state index < -0.39 is 11.4 Å². The fourth-order valence-corrected chi connectivity index (χ4v) is 3.01. The lowest BCUT2D eigenvalue weighted by molar-refractivity contribution is 0.0363. The molecule has 1 aromatic rings. The van der Waals surface area contributed by atoms with Crippen LogP contribution in [-0.4, -0.2) is 20.9 Å². The van der Waals surface area contributed by atoms with Crippen molar-refractivity contribution in [2.75, 3.05) is 6.61 Å². The van der Waals surface area contributed by atoms with Crippen LogP contribution in [0.2, 0.25) is 0 Å². The van der Waals surface area contributed by atoms with Crippen LogP contribution in [0.15, 0.2) is 18.3 Å². The van der Waals surface area contributed by atoms with Gasteiger partial charge in [-0.05, 0) is 59.1 Å². The number of hydrogen-bond acceptors (Lipinski definition) is 4. The first-order chi connectivity index (χ1) is 9.78. The summed E-state index contributed by atoms with van der Waals surface area (Å²) in [5.74, 6) is 0. The number of nitrogens with zero attached hydrogens (tertiary/aromatic N) is 1. The first-order valence-corrected chi connectivity index (χ1v) is 8.72. The Morgan fingerprint density at radius 1 is 1.43 bits per heavy atom. The smallest absolute Gasteiger partial charge is 0.136 e. The molecule has 1 unspecified atom stereocenters. The van der Waals surface area contributed by atoms with Crippen molar-refractivity contribution in [2.45, 2.75) is 63.9 Å². The van der Waals surface area contributed by atoms with Gasteiger partial charge in [0.1, 0.15) is 10.3 Å². The number of rotatable bonds is 6. The van der Waals surface area contributed by atoms with Crippen LogP contribution in [0.1, 0.15) is 64.8 Å². The molecule has 5 heteroatoms. The molecule has 118 valence electrons. The molecular weight excluding hydrogens is 284 g/mol. The quantitative estimate of drug-likeness (QED) is 0.820. The lowest BCUT2D eigenvalue weighted by atomic mass is 10.1. The summed E-state index contributed by atoms with van der Waals surface area (Å²) in [6.45, 7) is 10.6. The first-order valence-electron chi connectivity index (χ1n) is 7.57. The van der Waals surface area contributed by atoms with Crippen molar-refractivity contribution < 1.29 is 9.29 Å². The van der Waals surface area contributed by atoms with Crippen molar-refractivity contribution in [3.63, 3.8) is 0 Å². The molecule has 0 spiro atoms. The van der Waals surface area contributed by atoms with E-state index in [0.29, 0.717) is 6.61 Å². The molecule has 0 saturated heterocycles. The average Bonchev–Trinajstić information content (AvgIpc) is 3.19. The second kappa shape index (κ2) is 6.24. The maximum Gasteiger partial charge on any atom is 0.136 e.